The van der Waals surface area contributed by atoms with E-state index < -0.39 is 28.6 Å². The number of alkyl halides is 5. The Balaban J connectivity index is 4.78. The first kappa shape index (κ1) is 13.5. The van der Waals surface area contributed by atoms with Gasteiger partial charge in [0.25, 0.3) is 0 Å². The number of rotatable bonds is 3. The van der Waals surface area contributed by atoms with E-state index in [1.165, 1.54) is 0 Å². The zero-order valence-corrected chi connectivity index (χ0v) is 7.32. The Morgan fingerprint density at radius 1 is 1.21 bits per heavy atom. The van der Waals surface area contributed by atoms with Gasteiger partial charge in [-0.05, 0) is 6.92 Å². The molecule has 4 nitrogen and oxygen atoms in total. The molecule has 0 saturated carbocycles. The molecule has 0 radical (unpaired) electrons. The molecular weight excluding hydrogens is 239 g/mol. The Hall–Kier alpha value is -0.480. The first-order chi connectivity index (χ1) is 5.88. The van der Waals surface area contributed by atoms with Crippen molar-refractivity contribution in [1.82, 2.24) is 0 Å². The summed E-state index contributed by atoms with van der Waals surface area (Å²) in [6.07, 6.45) is -9.07. The topological polar surface area (TPSA) is 66.4 Å². The maximum absolute atomic E-state index is 12.2. The fourth-order valence-corrected chi connectivity index (χ4v) is 0.942. The van der Waals surface area contributed by atoms with E-state index in [1.54, 1.807) is 0 Å². The molecule has 0 aliphatic heterocycles. The van der Waals surface area contributed by atoms with E-state index in [1.807, 2.05) is 0 Å². The molecule has 0 aliphatic rings. The highest BCUT2D eigenvalue weighted by atomic mass is 32.3. The van der Waals surface area contributed by atoms with E-state index in [-0.39, 0.29) is 6.92 Å². The van der Waals surface area contributed by atoms with Gasteiger partial charge >= 0.3 is 12.1 Å². The molecule has 0 fully saturated rings. The molecule has 0 aromatic carbocycles. The van der Waals surface area contributed by atoms with Gasteiger partial charge in [0.15, 0.2) is 0 Å². The third-order valence-corrected chi connectivity index (χ3v) is 1.68. The summed E-state index contributed by atoms with van der Waals surface area (Å²) in [5.74, 6) is -5.40. The van der Waals surface area contributed by atoms with Crippen LogP contribution in [0.25, 0.3) is 0 Å². The van der Waals surface area contributed by atoms with E-state index in [4.69, 9.17) is 0 Å². The normalized spacial score (nSPS) is 16.8. The lowest BCUT2D eigenvalue weighted by molar-refractivity contribution is -0.306. The van der Waals surface area contributed by atoms with Crippen molar-refractivity contribution in [3.63, 3.8) is 0 Å². The average Bonchev–Trinajstić information content (AvgIpc) is 1.80. The van der Waals surface area contributed by atoms with Gasteiger partial charge in [-0.3, -0.25) is 4.18 Å². The Morgan fingerprint density at radius 2 is 1.57 bits per heavy atom. The second kappa shape index (κ2) is 3.59. The Morgan fingerprint density at radius 3 is 1.79 bits per heavy atom. The summed E-state index contributed by atoms with van der Waals surface area (Å²) < 4.78 is 91.2. The molecule has 0 spiro atoms. The van der Waals surface area contributed by atoms with Crippen LogP contribution < -0.4 is 0 Å². The molecule has 0 bridgehead atoms. The van der Waals surface area contributed by atoms with Crippen molar-refractivity contribution in [2.75, 3.05) is 0 Å². The molecule has 0 aromatic rings. The molecule has 0 N–H and O–H groups in total. The molecule has 14 heavy (non-hydrogen) atoms. The lowest BCUT2D eigenvalue weighted by Crippen LogP contribution is -2.47. The Kier molecular flexibility index (Phi) is 3.46. The largest absolute Gasteiger partial charge is 0.726 e. The van der Waals surface area contributed by atoms with Crippen LogP contribution in [0.3, 0.4) is 0 Å². The quantitative estimate of drug-likeness (QED) is 0.422. The lowest BCUT2D eigenvalue weighted by atomic mass is 10.2. The van der Waals surface area contributed by atoms with Crippen molar-refractivity contribution < 1.29 is 39.1 Å². The van der Waals surface area contributed by atoms with Crippen LogP contribution in [0.15, 0.2) is 0 Å². The van der Waals surface area contributed by atoms with Gasteiger partial charge in [-0.2, -0.15) is 22.0 Å². The van der Waals surface area contributed by atoms with Gasteiger partial charge in [0.1, 0.15) is 6.10 Å². The Bertz CT molecular complexity index is 293. The molecule has 0 heterocycles. The van der Waals surface area contributed by atoms with Gasteiger partial charge in [0.05, 0.1) is 0 Å². The van der Waals surface area contributed by atoms with E-state index in [0.717, 1.165) is 0 Å². The van der Waals surface area contributed by atoms with Crippen LogP contribution in [0.1, 0.15) is 6.92 Å². The third-order valence-electron chi connectivity index (χ3n) is 1.15. The van der Waals surface area contributed by atoms with Gasteiger partial charge in [-0.25, -0.2) is 8.42 Å². The molecule has 0 amide bonds. The summed E-state index contributed by atoms with van der Waals surface area (Å²) in [5.41, 5.74) is 0. The van der Waals surface area contributed by atoms with E-state index in [9.17, 15) is 34.9 Å². The summed E-state index contributed by atoms with van der Waals surface area (Å²) >= 11 is 0. The fraction of sp³-hybridized carbons (Fsp3) is 1.00. The van der Waals surface area contributed by atoms with Crippen LogP contribution in [0.4, 0.5) is 22.0 Å². The molecule has 1 unspecified atom stereocenters. The molecule has 0 saturated heterocycles. The second-order valence-electron chi connectivity index (χ2n) is 2.27. The maximum atomic E-state index is 12.2. The predicted molar refractivity (Wildman–Crippen MR) is 31.2 cm³/mol. The molecule has 0 rings (SSSR count). The van der Waals surface area contributed by atoms with Gasteiger partial charge in [-0.15, -0.1) is 0 Å². The minimum Gasteiger partial charge on any atom is -0.726 e. The van der Waals surface area contributed by atoms with Gasteiger partial charge in [-0.1, -0.05) is 0 Å². The lowest BCUT2D eigenvalue weighted by Gasteiger charge is -2.26. The van der Waals surface area contributed by atoms with Crippen LogP contribution in [0, 0.1) is 0 Å². The number of hydrogen-bond donors (Lipinski definition) is 0. The molecule has 0 aliphatic carbocycles. The Labute approximate surface area is 75.6 Å². The number of halogens is 5. The van der Waals surface area contributed by atoms with Gasteiger partial charge in [0.2, 0.25) is 10.4 Å². The highest BCUT2D eigenvalue weighted by molar-refractivity contribution is 7.80. The summed E-state index contributed by atoms with van der Waals surface area (Å²) in [6.45, 7) is 0.128. The minimum atomic E-state index is -5.98. The van der Waals surface area contributed by atoms with E-state index in [0.29, 0.717) is 0 Å². The predicted octanol–water partition coefficient (Wildman–Crippen LogP) is 1.05. The van der Waals surface area contributed by atoms with Crippen LogP contribution in [0.2, 0.25) is 0 Å². The summed E-state index contributed by atoms with van der Waals surface area (Å²) in [4.78, 5) is 0. The molecule has 1 atom stereocenters. The maximum Gasteiger partial charge on any atom is 0.456 e. The third kappa shape index (κ3) is 3.35. The van der Waals surface area contributed by atoms with Crippen molar-refractivity contribution in [1.29, 1.82) is 0 Å². The monoisotopic (exact) mass is 243 g/mol. The highest BCUT2D eigenvalue weighted by Gasteiger charge is 2.62. The molecule has 10 heteroatoms. The smallest absolute Gasteiger partial charge is 0.456 e. The fourth-order valence-electron chi connectivity index (χ4n) is 0.468. The summed E-state index contributed by atoms with van der Waals surface area (Å²) in [5, 5.41) is 0. The van der Waals surface area contributed by atoms with Crippen molar-refractivity contribution in [3.8, 4) is 0 Å². The van der Waals surface area contributed by atoms with Crippen molar-refractivity contribution >= 4 is 10.4 Å². The zero-order chi connectivity index (χ0) is 11.8. The zero-order valence-electron chi connectivity index (χ0n) is 6.51. The molecular formula is C4H4F5O4S-. The van der Waals surface area contributed by atoms with Crippen molar-refractivity contribution in [2.24, 2.45) is 0 Å². The van der Waals surface area contributed by atoms with Crippen LogP contribution >= 0.6 is 0 Å². The van der Waals surface area contributed by atoms with E-state index in [2.05, 4.69) is 4.18 Å². The highest BCUT2D eigenvalue weighted by Crippen LogP contribution is 2.39. The van der Waals surface area contributed by atoms with Crippen molar-refractivity contribution in [2.45, 2.75) is 25.1 Å². The number of hydrogen-bond acceptors (Lipinski definition) is 4. The SMILES string of the molecule is CC(OS(=O)(=O)[O-])C(F)(F)C(F)(F)F. The van der Waals surface area contributed by atoms with E-state index >= 15 is 0 Å². The average molecular weight is 243 g/mol. The summed E-state index contributed by atoms with van der Waals surface area (Å²) in [6, 6.07) is 0. The first-order valence-electron chi connectivity index (χ1n) is 2.96. The van der Waals surface area contributed by atoms with Crippen molar-refractivity contribution in [3.05, 3.63) is 0 Å². The molecule has 0 aromatic heterocycles. The van der Waals surface area contributed by atoms with Crippen LogP contribution in [-0.4, -0.2) is 31.2 Å². The molecule has 86 valence electrons. The minimum absolute atomic E-state index is 0.128. The second-order valence-corrected chi connectivity index (χ2v) is 3.28. The summed E-state index contributed by atoms with van der Waals surface area (Å²) in [7, 11) is -5.60. The van der Waals surface area contributed by atoms with Gasteiger partial charge in [0, 0.05) is 0 Å². The van der Waals surface area contributed by atoms with Crippen LogP contribution in [-0.2, 0) is 14.6 Å². The standard InChI is InChI=1S/C4H5F5O4S/c1-2(13-14(10,11)12)3(5,6)4(7,8)9/h2H,1H3,(H,10,11,12)/p-1. The van der Waals surface area contributed by atoms with Crippen LogP contribution in [0.5, 0.6) is 0 Å². The van der Waals surface area contributed by atoms with Gasteiger partial charge < -0.3 is 4.55 Å². The first-order valence-corrected chi connectivity index (χ1v) is 4.30.